The van der Waals surface area contributed by atoms with E-state index in [-0.39, 0.29) is 5.82 Å². The van der Waals surface area contributed by atoms with E-state index in [9.17, 15) is 13.2 Å². The van der Waals surface area contributed by atoms with Gasteiger partial charge in [-0.2, -0.15) is 8.78 Å². The van der Waals surface area contributed by atoms with Crippen molar-refractivity contribution in [3.8, 4) is 16.9 Å². The summed E-state index contributed by atoms with van der Waals surface area (Å²) in [7, 11) is 0. The molecule has 164 valence electrons. The van der Waals surface area contributed by atoms with Crippen LogP contribution in [0.4, 0.5) is 17.6 Å². The molecule has 4 rings (SSSR count). The molecule has 0 aliphatic rings. The maximum atomic E-state index is 15.1. The Labute approximate surface area is 184 Å². The Morgan fingerprint density at radius 3 is 2.16 bits per heavy atom. The molecule has 4 aromatic carbocycles. The maximum Gasteiger partial charge on any atom is 0.387 e. The smallest absolute Gasteiger partial charge is 0.387 e. The van der Waals surface area contributed by atoms with Gasteiger partial charge in [0.05, 0.1) is 0 Å². The summed E-state index contributed by atoms with van der Waals surface area (Å²) >= 11 is 0. The molecular weight excluding hydrogens is 416 g/mol. The van der Waals surface area contributed by atoms with E-state index in [1.807, 2.05) is 18.2 Å². The molecular formula is C27H22F4O. The molecule has 0 aromatic heterocycles. The minimum absolute atomic E-state index is 0.298. The fraction of sp³-hybridized carbons (Fsp3) is 0.185. The number of hydrogen-bond acceptors (Lipinski definition) is 1. The molecule has 0 atom stereocenters. The lowest BCUT2D eigenvalue weighted by atomic mass is 9.96. The van der Waals surface area contributed by atoms with Crippen molar-refractivity contribution in [3.05, 3.63) is 101 Å². The standard InChI is InChI=1S/C27H22F4O/c1-2-17-3-7-19(8-4-17)21-12-13-23-22(16-21)11-10-20(26(23)29)9-5-18-6-14-25(24(28)15-18)32-27(30)31/h3-4,6-8,10-16,27H,2,5,9H2,1H3. The summed E-state index contributed by atoms with van der Waals surface area (Å²) in [6, 6.07) is 21.5. The Kier molecular flexibility index (Phi) is 6.45. The average Bonchev–Trinajstić information content (AvgIpc) is 2.80. The molecule has 32 heavy (non-hydrogen) atoms. The molecule has 0 saturated heterocycles. The Hall–Kier alpha value is -3.34. The summed E-state index contributed by atoms with van der Waals surface area (Å²) in [5.41, 5.74) is 4.46. The fourth-order valence-corrected chi connectivity index (χ4v) is 3.81. The van der Waals surface area contributed by atoms with Crippen LogP contribution in [-0.2, 0) is 19.3 Å². The number of benzene rings is 4. The van der Waals surface area contributed by atoms with Crippen LogP contribution in [-0.4, -0.2) is 6.61 Å². The zero-order valence-electron chi connectivity index (χ0n) is 17.5. The first-order valence-corrected chi connectivity index (χ1v) is 10.5. The summed E-state index contributed by atoms with van der Waals surface area (Å²) < 4.78 is 57.7. The van der Waals surface area contributed by atoms with Crippen molar-refractivity contribution in [1.29, 1.82) is 0 Å². The van der Waals surface area contributed by atoms with Crippen LogP contribution >= 0.6 is 0 Å². The van der Waals surface area contributed by atoms with Gasteiger partial charge in [0.1, 0.15) is 5.82 Å². The molecule has 0 heterocycles. The third kappa shape index (κ3) is 4.77. The average molecular weight is 438 g/mol. The lowest BCUT2D eigenvalue weighted by molar-refractivity contribution is -0.0522. The van der Waals surface area contributed by atoms with Crippen LogP contribution in [0, 0.1) is 11.6 Å². The molecule has 0 saturated carbocycles. The van der Waals surface area contributed by atoms with Crippen molar-refractivity contribution in [2.45, 2.75) is 32.8 Å². The topological polar surface area (TPSA) is 9.23 Å². The molecule has 4 aromatic rings. The van der Waals surface area contributed by atoms with Crippen molar-refractivity contribution in [2.24, 2.45) is 0 Å². The molecule has 5 heteroatoms. The van der Waals surface area contributed by atoms with E-state index in [1.165, 1.54) is 17.7 Å². The van der Waals surface area contributed by atoms with Crippen molar-refractivity contribution >= 4 is 10.8 Å². The molecule has 0 amide bonds. The van der Waals surface area contributed by atoms with Crippen LogP contribution in [0.5, 0.6) is 5.75 Å². The SMILES string of the molecule is CCc1ccc(-c2ccc3c(F)c(CCc4ccc(OC(F)F)c(F)c4)ccc3c2)cc1. The molecule has 0 spiro atoms. The van der Waals surface area contributed by atoms with Crippen molar-refractivity contribution in [3.63, 3.8) is 0 Å². The second-order valence-corrected chi connectivity index (χ2v) is 7.67. The van der Waals surface area contributed by atoms with E-state index < -0.39 is 18.2 Å². The van der Waals surface area contributed by atoms with Gasteiger partial charge in [-0.15, -0.1) is 0 Å². The summed E-state index contributed by atoms with van der Waals surface area (Å²) in [4.78, 5) is 0. The van der Waals surface area contributed by atoms with Crippen LogP contribution in [0.1, 0.15) is 23.6 Å². The Bertz CT molecular complexity index is 1230. The normalized spacial score (nSPS) is 11.3. The molecule has 0 N–H and O–H groups in total. The van der Waals surface area contributed by atoms with E-state index in [2.05, 4.69) is 35.9 Å². The number of alkyl halides is 2. The van der Waals surface area contributed by atoms with Gasteiger partial charge in [0.25, 0.3) is 0 Å². The number of aryl methyl sites for hydroxylation is 3. The Balaban J connectivity index is 1.52. The van der Waals surface area contributed by atoms with E-state index in [1.54, 1.807) is 12.1 Å². The Morgan fingerprint density at radius 1 is 0.750 bits per heavy atom. The van der Waals surface area contributed by atoms with Crippen LogP contribution in [0.3, 0.4) is 0 Å². The van der Waals surface area contributed by atoms with Crippen molar-refractivity contribution < 1.29 is 22.3 Å². The minimum atomic E-state index is -3.08. The third-order valence-electron chi connectivity index (χ3n) is 5.62. The first kappa shape index (κ1) is 21.9. The summed E-state index contributed by atoms with van der Waals surface area (Å²) in [5, 5.41) is 1.34. The van der Waals surface area contributed by atoms with E-state index in [4.69, 9.17) is 0 Å². The van der Waals surface area contributed by atoms with Crippen LogP contribution in [0.25, 0.3) is 21.9 Å². The quantitative estimate of drug-likeness (QED) is 0.268. The lowest BCUT2D eigenvalue weighted by Crippen LogP contribution is -2.04. The zero-order chi connectivity index (χ0) is 22.7. The molecule has 0 bridgehead atoms. The highest BCUT2D eigenvalue weighted by Gasteiger charge is 2.12. The first-order chi connectivity index (χ1) is 15.4. The second-order valence-electron chi connectivity index (χ2n) is 7.67. The van der Waals surface area contributed by atoms with Crippen LogP contribution in [0.15, 0.2) is 72.8 Å². The van der Waals surface area contributed by atoms with Gasteiger partial charge in [-0.3, -0.25) is 0 Å². The van der Waals surface area contributed by atoms with Gasteiger partial charge >= 0.3 is 6.61 Å². The van der Waals surface area contributed by atoms with Crippen LogP contribution < -0.4 is 4.74 Å². The van der Waals surface area contributed by atoms with Gasteiger partial charge < -0.3 is 4.74 Å². The summed E-state index contributed by atoms with van der Waals surface area (Å²) in [5.74, 6) is -1.66. The van der Waals surface area contributed by atoms with Crippen molar-refractivity contribution in [2.75, 3.05) is 0 Å². The molecule has 0 radical (unpaired) electrons. The number of halogens is 4. The van der Waals surface area contributed by atoms with Gasteiger partial charge in [-0.05, 0) is 70.7 Å². The van der Waals surface area contributed by atoms with Crippen molar-refractivity contribution in [1.82, 2.24) is 0 Å². The van der Waals surface area contributed by atoms with E-state index in [0.29, 0.717) is 29.4 Å². The molecule has 0 fully saturated rings. The molecule has 1 nitrogen and oxygen atoms in total. The highest BCUT2D eigenvalue weighted by molar-refractivity contribution is 5.88. The zero-order valence-corrected chi connectivity index (χ0v) is 17.5. The van der Waals surface area contributed by atoms with Gasteiger partial charge in [0.15, 0.2) is 11.6 Å². The largest absolute Gasteiger partial charge is 0.432 e. The third-order valence-corrected chi connectivity index (χ3v) is 5.62. The number of hydrogen-bond donors (Lipinski definition) is 0. The van der Waals surface area contributed by atoms with Gasteiger partial charge in [0.2, 0.25) is 0 Å². The minimum Gasteiger partial charge on any atom is -0.432 e. The second kappa shape index (κ2) is 9.43. The molecule has 0 unspecified atom stereocenters. The van der Waals surface area contributed by atoms with Gasteiger partial charge in [0, 0.05) is 5.39 Å². The fourth-order valence-electron chi connectivity index (χ4n) is 3.81. The maximum absolute atomic E-state index is 15.1. The Morgan fingerprint density at radius 2 is 1.47 bits per heavy atom. The number of rotatable bonds is 7. The highest BCUT2D eigenvalue weighted by Crippen LogP contribution is 2.29. The lowest BCUT2D eigenvalue weighted by Gasteiger charge is -2.10. The predicted octanol–water partition coefficient (Wildman–Crippen LogP) is 7.73. The van der Waals surface area contributed by atoms with E-state index in [0.717, 1.165) is 29.0 Å². The van der Waals surface area contributed by atoms with E-state index >= 15 is 4.39 Å². The van der Waals surface area contributed by atoms with Gasteiger partial charge in [-0.1, -0.05) is 61.5 Å². The van der Waals surface area contributed by atoms with Crippen LogP contribution in [0.2, 0.25) is 0 Å². The highest BCUT2D eigenvalue weighted by atomic mass is 19.3. The first-order valence-electron chi connectivity index (χ1n) is 10.5. The van der Waals surface area contributed by atoms with Gasteiger partial charge in [-0.25, -0.2) is 8.78 Å². The number of fused-ring (bicyclic) bond motifs is 1. The predicted molar refractivity (Wildman–Crippen MR) is 119 cm³/mol. The monoisotopic (exact) mass is 438 g/mol. The summed E-state index contributed by atoms with van der Waals surface area (Å²) in [6.07, 6.45) is 1.71. The molecule has 0 aliphatic heterocycles. The molecule has 0 aliphatic carbocycles. The number of ether oxygens (including phenoxy) is 1. The summed E-state index contributed by atoms with van der Waals surface area (Å²) in [6.45, 7) is -0.975.